The summed E-state index contributed by atoms with van der Waals surface area (Å²) in [6, 6.07) is 24.3. The van der Waals surface area contributed by atoms with Crippen molar-refractivity contribution in [3.05, 3.63) is 117 Å². The minimum atomic E-state index is -0.678. The number of hydrogen-bond donors (Lipinski definition) is 1. The summed E-state index contributed by atoms with van der Waals surface area (Å²) in [6.45, 7) is 3.96. The summed E-state index contributed by atoms with van der Waals surface area (Å²) < 4.78 is 11.6. The standard InChI is InChI=1S/C30H24N2O4/c1-3-35-30(34)25-18(2)32-28-21-12-6-7-13-22(21)29(33)27(28)26(25)23-14-8-9-15-24(23)36-17-20-11-5-4-10-19(20)16-31/h4-15,26,32H,3,17H2,1-2H3/t26-/m1/s1. The van der Waals surface area contributed by atoms with Crippen LogP contribution in [0.2, 0.25) is 0 Å². The van der Waals surface area contributed by atoms with E-state index in [0.29, 0.717) is 45.0 Å². The Morgan fingerprint density at radius 3 is 2.47 bits per heavy atom. The highest BCUT2D eigenvalue weighted by Crippen LogP contribution is 2.48. The number of fused-ring (bicyclic) bond motifs is 2. The number of rotatable bonds is 6. The average Bonchev–Trinajstić information content (AvgIpc) is 3.18. The highest BCUT2D eigenvalue weighted by atomic mass is 16.5. The summed E-state index contributed by atoms with van der Waals surface area (Å²) in [5.41, 5.74) is 5.59. The molecular weight excluding hydrogens is 452 g/mol. The van der Waals surface area contributed by atoms with Gasteiger partial charge in [0, 0.05) is 33.5 Å². The van der Waals surface area contributed by atoms with E-state index in [1.165, 1.54) is 0 Å². The predicted octanol–water partition coefficient (Wildman–Crippen LogP) is 5.27. The number of dihydropyridines is 1. The summed E-state index contributed by atoms with van der Waals surface area (Å²) in [5.74, 6) is -0.755. The van der Waals surface area contributed by atoms with Crippen LogP contribution in [0.4, 0.5) is 0 Å². The third-order valence-electron chi connectivity index (χ3n) is 6.50. The molecule has 1 aliphatic carbocycles. The van der Waals surface area contributed by atoms with Crippen LogP contribution in [0, 0.1) is 11.3 Å². The van der Waals surface area contributed by atoms with E-state index in [1.54, 1.807) is 19.1 Å². The normalized spacial score (nSPS) is 16.1. The number of nitriles is 1. The van der Waals surface area contributed by atoms with Gasteiger partial charge in [0.15, 0.2) is 5.78 Å². The second kappa shape index (κ2) is 9.55. The molecule has 1 atom stereocenters. The molecule has 0 saturated heterocycles. The Labute approximate surface area is 209 Å². The number of carbonyl (C=O) groups excluding carboxylic acids is 2. The van der Waals surface area contributed by atoms with Gasteiger partial charge in [-0.1, -0.05) is 60.7 Å². The van der Waals surface area contributed by atoms with Crippen molar-refractivity contribution in [1.29, 1.82) is 5.26 Å². The van der Waals surface area contributed by atoms with Gasteiger partial charge >= 0.3 is 5.97 Å². The minimum absolute atomic E-state index is 0.128. The molecule has 1 N–H and O–H groups in total. The number of ketones is 1. The van der Waals surface area contributed by atoms with E-state index in [-0.39, 0.29) is 19.0 Å². The van der Waals surface area contributed by atoms with E-state index >= 15 is 0 Å². The fourth-order valence-electron chi connectivity index (χ4n) is 4.88. The number of carbonyl (C=O) groups is 2. The number of para-hydroxylation sites is 1. The van der Waals surface area contributed by atoms with Crippen LogP contribution in [0.3, 0.4) is 0 Å². The topological polar surface area (TPSA) is 88.4 Å². The summed E-state index contributed by atoms with van der Waals surface area (Å²) in [6.07, 6.45) is 0. The van der Waals surface area contributed by atoms with Crippen molar-refractivity contribution in [2.45, 2.75) is 26.4 Å². The van der Waals surface area contributed by atoms with E-state index in [2.05, 4.69) is 11.4 Å². The molecule has 6 nitrogen and oxygen atoms in total. The first-order valence-corrected chi connectivity index (χ1v) is 11.8. The zero-order chi connectivity index (χ0) is 25.2. The van der Waals surface area contributed by atoms with Crippen molar-refractivity contribution >= 4 is 17.4 Å². The number of Topliss-reactive ketones (excluding diaryl/α,β-unsaturated/α-hetero) is 1. The van der Waals surface area contributed by atoms with Crippen LogP contribution in [0.15, 0.2) is 89.6 Å². The van der Waals surface area contributed by atoms with Gasteiger partial charge in [-0.2, -0.15) is 5.26 Å². The zero-order valence-electron chi connectivity index (χ0n) is 20.0. The van der Waals surface area contributed by atoms with Gasteiger partial charge in [-0.15, -0.1) is 0 Å². The summed E-state index contributed by atoms with van der Waals surface area (Å²) in [7, 11) is 0. The van der Waals surface area contributed by atoms with Crippen LogP contribution in [0.25, 0.3) is 5.70 Å². The highest BCUT2D eigenvalue weighted by molar-refractivity contribution is 6.23. The van der Waals surface area contributed by atoms with E-state index in [4.69, 9.17) is 9.47 Å². The number of esters is 1. The van der Waals surface area contributed by atoms with Gasteiger partial charge in [0.05, 0.1) is 35.4 Å². The second-order valence-corrected chi connectivity index (χ2v) is 8.58. The molecule has 2 aliphatic rings. The number of hydrogen-bond acceptors (Lipinski definition) is 6. The number of ether oxygens (including phenoxy) is 2. The average molecular weight is 477 g/mol. The SMILES string of the molecule is CCOC(=O)C1=C(C)NC2=C(C(=O)c3ccccc32)[C@@H]1c1ccccc1OCc1ccccc1C#N. The molecule has 0 unspecified atom stereocenters. The molecule has 6 heteroatoms. The van der Waals surface area contributed by atoms with Crippen LogP contribution < -0.4 is 10.1 Å². The molecule has 178 valence electrons. The van der Waals surface area contributed by atoms with Crippen LogP contribution in [-0.4, -0.2) is 18.4 Å². The quantitative estimate of drug-likeness (QED) is 0.488. The Hall–Kier alpha value is -4.63. The van der Waals surface area contributed by atoms with Crippen LogP contribution in [0.1, 0.15) is 52.4 Å². The molecule has 0 fully saturated rings. The Morgan fingerprint density at radius 1 is 1.00 bits per heavy atom. The molecular formula is C30H24N2O4. The summed E-state index contributed by atoms with van der Waals surface area (Å²) in [4.78, 5) is 26.9. The van der Waals surface area contributed by atoms with Crippen molar-refractivity contribution in [2.24, 2.45) is 0 Å². The lowest BCUT2D eigenvalue weighted by Gasteiger charge is -2.30. The number of nitrogens with one attached hydrogen (secondary N) is 1. The van der Waals surface area contributed by atoms with Gasteiger partial charge in [-0.3, -0.25) is 4.79 Å². The Balaban J connectivity index is 1.63. The van der Waals surface area contributed by atoms with E-state index in [9.17, 15) is 14.9 Å². The fourth-order valence-corrected chi connectivity index (χ4v) is 4.88. The van der Waals surface area contributed by atoms with Gasteiger partial charge in [0.2, 0.25) is 0 Å². The molecule has 0 spiro atoms. The molecule has 0 saturated carbocycles. The Bertz CT molecular complexity index is 1490. The molecule has 1 aliphatic heterocycles. The van der Waals surface area contributed by atoms with Crippen molar-refractivity contribution in [3.63, 3.8) is 0 Å². The van der Waals surface area contributed by atoms with Gasteiger partial charge in [0.1, 0.15) is 12.4 Å². The van der Waals surface area contributed by atoms with Crippen molar-refractivity contribution in [1.82, 2.24) is 5.32 Å². The second-order valence-electron chi connectivity index (χ2n) is 8.58. The first-order chi connectivity index (χ1) is 17.5. The van der Waals surface area contributed by atoms with Gasteiger partial charge < -0.3 is 14.8 Å². The van der Waals surface area contributed by atoms with Gasteiger partial charge in [-0.25, -0.2) is 4.79 Å². The smallest absolute Gasteiger partial charge is 0.336 e. The first kappa shape index (κ1) is 23.1. The number of nitrogens with zero attached hydrogens (tertiary/aromatic N) is 1. The minimum Gasteiger partial charge on any atom is -0.489 e. The van der Waals surface area contributed by atoms with Crippen molar-refractivity contribution in [3.8, 4) is 11.8 Å². The molecule has 0 radical (unpaired) electrons. The monoisotopic (exact) mass is 476 g/mol. The summed E-state index contributed by atoms with van der Waals surface area (Å²) in [5, 5.41) is 12.8. The van der Waals surface area contributed by atoms with Crippen molar-refractivity contribution in [2.75, 3.05) is 6.61 Å². The summed E-state index contributed by atoms with van der Waals surface area (Å²) >= 11 is 0. The number of allylic oxidation sites excluding steroid dienone is 2. The molecule has 0 amide bonds. The molecule has 1 heterocycles. The zero-order valence-corrected chi connectivity index (χ0v) is 20.0. The van der Waals surface area contributed by atoms with E-state index < -0.39 is 11.9 Å². The number of benzene rings is 3. The van der Waals surface area contributed by atoms with E-state index in [1.807, 2.05) is 67.6 Å². The molecule has 0 aromatic heterocycles. The fraction of sp³-hybridized carbons (Fsp3) is 0.167. The third-order valence-corrected chi connectivity index (χ3v) is 6.50. The molecule has 3 aromatic rings. The lowest BCUT2D eigenvalue weighted by Crippen LogP contribution is -2.29. The van der Waals surface area contributed by atoms with Crippen LogP contribution >= 0.6 is 0 Å². The lowest BCUT2D eigenvalue weighted by atomic mass is 9.79. The third kappa shape index (κ3) is 3.85. The van der Waals surface area contributed by atoms with Gasteiger partial charge in [-0.05, 0) is 26.0 Å². The van der Waals surface area contributed by atoms with Crippen LogP contribution in [0.5, 0.6) is 5.75 Å². The lowest BCUT2D eigenvalue weighted by molar-refractivity contribution is -0.138. The van der Waals surface area contributed by atoms with Gasteiger partial charge in [0.25, 0.3) is 0 Å². The van der Waals surface area contributed by atoms with Crippen LogP contribution in [-0.2, 0) is 16.1 Å². The molecule has 3 aromatic carbocycles. The molecule has 0 bridgehead atoms. The molecule has 5 rings (SSSR count). The maximum absolute atomic E-state index is 13.7. The highest BCUT2D eigenvalue weighted by Gasteiger charge is 2.43. The maximum atomic E-state index is 13.7. The maximum Gasteiger partial charge on any atom is 0.336 e. The molecule has 36 heavy (non-hydrogen) atoms. The first-order valence-electron chi connectivity index (χ1n) is 11.8. The largest absolute Gasteiger partial charge is 0.489 e. The van der Waals surface area contributed by atoms with E-state index in [0.717, 1.165) is 11.1 Å². The Kier molecular flexibility index (Phi) is 6.14. The van der Waals surface area contributed by atoms with Crippen molar-refractivity contribution < 1.29 is 19.1 Å². The Morgan fingerprint density at radius 2 is 1.69 bits per heavy atom. The predicted molar refractivity (Wildman–Crippen MR) is 135 cm³/mol.